The van der Waals surface area contributed by atoms with E-state index in [2.05, 4.69) is 59.8 Å². The highest BCUT2D eigenvalue weighted by molar-refractivity contribution is 5.42. The van der Waals surface area contributed by atoms with E-state index in [9.17, 15) is 0 Å². The van der Waals surface area contributed by atoms with Crippen LogP contribution < -0.4 is 0 Å². The van der Waals surface area contributed by atoms with Crippen LogP contribution in [0.15, 0.2) is 55.1 Å². The molecule has 3 rings (SSSR count). The number of para-hydroxylation sites is 1. The van der Waals surface area contributed by atoms with Gasteiger partial charge in [-0.2, -0.15) is 5.10 Å². The monoisotopic (exact) mass is 280 g/mol. The molecule has 3 aromatic rings. The summed E-state index contributed by atoms with van der Waals surface area (Å²) in [6, 6.07) is 10.5. The van der Waals surface area contributed by atoms with Gasteiger partial charge in [-0.15, -0.1) is 0 Å². The molecule has 0 fully saturated rings. The zero-order valence-corrected chi connectivity index (χ0v) is 12.6. The Morgan fingerprint density at radius 3 is 2.48 bits per heavy atom. The highest BCUT2D eigenvalue weighted by atomic mass is 15.3. The molecule has 21 heavy (non-hydrogen) atoms. The van der Waals surface area contributed by atoms with Crippen molar-refractivity contribution in [3.63, 3.8) is 0 Å². The molecule has 1 atom stereocenters. The Hall–Kier alpha value is -2.36. The van der Waals surface area contributed by atoms with E-state index in [0.717, 1.165) is 11.5 Å². The minimum absolute atomic E-state index is 0.213. The largest absolute Gasteiger partial charge is 0.327 e. The van der Waals surface area contributed by atoms with Gasteiger partial charge in [0.2, 0.25) is 0 Å². The molecule has 0 N–H and O–H groups in total. The second kappa shape index (κ2) is 5.56. The molecular weight excluding hydrogens is 260 g/mol. The van der Waals surface area contributed by atoms with Crippen molar-refractivity contribution in [2.45, 2.75) is 32.7 Å². The van der Waals surface area contributed by atoms with Crippen molar-refractivity contribution < 1.29 is 0 Å². The van der Waals surface area contributed by atoms with Crippen LogP contribution in [0.4, 0.5) is 0 Å². The van der Waals surface area contributed by atoms with E-state index in [1.165, 1.54) is 5.56 Å². The van der Waals surface area contributed by atoms with Crippen LogP contribution in [0.25, 0.3) is 5.69 Å². The molecule has 2 aromatic heterocycles. The number of hydrogen-bond donors (Lipinski definition) is 0. The maximum atomic E-state index is 4.50. The van der Waals surface area contributed by atoms with Crippen LogP contribution in [-0.4, -0.2) is 19.3 Å². The smallest absolute Gasteiger partial charge is 0.111 e. The minimum atomic E-state index is 0.213. The van der Waals surface area contributed by atoms with Gasteiger partial charge in [0.15, 0.2) is 0 Å². The maximum Gasteiger partial charge on any atom is 0.111 e. The molecule has 0 bridgehead atoms. The van der Waals surface area contributed by atoms with Gasteiger partial charge in [0.25, 0.3) is 0 Å². The maximum absolute atomic E-state index is 4.50. The molecule has 108 valence electrons. The van der Waals surface area contributed by atoms with Crippen LogP contribution in [0.3, 0.4) is 0 Å². The summed E-state index contributed by atoms with van der Waals surface area (Å²) in [6.07, 6.45) is 7.71. The lowest BCUT2D eigenvalue weighted by Gasteiger charge is -2.21. The van der Waals surface area contributed by atoms with Crippen molar-refractivity contribution in [2.75, 3.05) is 0 Å². The second-order valence-corrected chi connectivity index (χ2v) is 5.53. The van der Waals surface area contributed by atoms with Gasteiger partial charge in [-0.1, -0.05) is 32.0 Å². The fourth-order valence-electron chi connectivity index (χ4n) is 2.71. The normalized spacial score (nSPS) is 12.8. The Balaban J connectivity index is 2.06. The summed E-state index contributed by atoms with van der Waals surface area (Å²) in [7, 11) is 0. The average molecular weight is 280 g/mol. The van der Waals surface area contributed by atoms with Gasteiger partial charge in [0, 0.05) is 36.3 Å². The standard InChI is InChI=1S/C17H20N4/c1-13(2)17-18-10-12-20(17)14(3)15-7-4-5-8-16(15)21-11-6-9-19-21/h4-14H,1-3H3/t14-/m1/s1. The molecule has 0 unspecified atom stereocenters. The van der Waals surface area contributed by atoms with E-state index in [-0.39, 0.29) is 6.04 Å². The Labute approximate surface area is 125 Å². The van der Waals surface area contributed by atoms with Gasteiger partial charge in [-0.3, -0.25) is 0 Å². The van der Waals surface area contributed by atoms with E-state index in [1.54, 1.807) is 6.20 Å². The van der Waals surface area contributed by atoms with E-state index in [0.29, 0.717) is 5.92 Å². The zero-order valence-electron chi connectivity index (χ0n) is 12.6. The highest BCUT2D eigenvalue weighted by Crippen LogP contribution is 2.27. The van der Waals surface area contributed by atoms with Crippen LogP contribution in [0, 0.1) is 0 Å². The summed E-state index contributed by atoms with van der Waals surface area (Å²) in [4.78, 5) is 4.50. The van der Waals surface area contributed by atoms with E-state index in [1.807, 2.05) is 29.2 Å². The van der Waals surface area contributed by atoms with Gasteiger partial charge in [-0.25, -0.2) is 9.67 Å². The number of aromatic nitrogens is 4. The van der Waals surface area contributed by atoms with Gasteiger partial charge < -0.3 is 4.57 Å². The number of rotatable bonds is 4. The molecule has 0 saturated carbocycles. The number of imidazole rings is 1. The molecule has 4 nitrogen and oxygen atoms in total. The zero-order chi connectivity index (χ0) is 14.8. The van der Waals surface area contributed by atoms with Gasteiger partial charge >= 0.3 is 0 Å². The number of benzene rings is 1. The molecule has 0 spiro atoms. The molecule has 0 radical (unpaired) electrons. The van der Waals surface area contributed by atoms with E-state index < -0.39 is 0 Å². The van der Waals surface area contributed by atoms with Crippen LogP contribution in [0.5, 0.6) is 0 Å². The molecular formula is C17H20N4. The van der Waals surface area contributed by atoms with Crippen LogP contribution in [0.1, 0.15) is 44.1 Å². The fraction of sp³-hybridized carbons (Fsp3) is 0.294. The Kier molecular flexibility index (Phi) is 3.60. The van der Waals surface area contributed by atoms with Gasteiger partial charge in [0.1, 0.15) is 5.82 Å². The molecule has 0 aliphatic rings. The van der Waals surface area contributed by atoms with Crippen LogP contribution in [0.2, 0.25) is 0 Å². The van der Waals surface area contributed by atoms with Gasteiger partial charge in [0.05, 0.1) is 11.7 Å². The first-order chi connectivity index (χ1) is 10.2. The Morgan fingerprint density at radius 1 is 0.952 bits per heavy atom. The third-order valence-corrected chi connectivity index (χ3v) is 3.77. The first-order valence-corrected chi connectivity index (χ1v) is 7.30. The molecule has 0 aliphatic heterocycles. The van der Waals surface area contributed by atoms with Crippen molar-refractivity contribution in [2.24, 2.45) is 0 Å². The highest BCUT2D eigenvalue weighted by Gasteiger charge is 2.17. The summed E-state index contributed by atoms with van der Waals surface area (Å²) in [5.41, 5.74) is 2.35. The molecule has 2 heterocycles. The fourth-order valence-corrected chi connectivity index (χ4v) is 2.71. The van der Waals surface area contributed by atoms with Crippen molar-refractivity contribution in [1.29, 1.82) is 0 Å². The van der Waals surface area contributed by atoms with E-state index in [4.69, 9.17) is 0 Å². The lowest BCUT2D eigenvalue weighted by atomic mass is 10.0. The molecule has 0 aliphatic carbocycles. The van der Waals surface area contributed by atoms with Crippen molar-refractivity contribution in [1.82, 2.24) is 19.3 Å². The third-order valence-electron chi connectivity index (χ3n) is 3.77. The predicted molar refractivity (Wildman–Crippen MR) is 83.7 cm³/mol. The Bertz CT molecular complexity index is 710. The summed E-state index contributed by atoms with van der Waals surface area (Å²) < 4.78 is 4.16. The van der Waals surface area contributed by atoms with Crippen molar-refractivity contribution >= 4 is 0 Å². The summed E-state index contributed by atoms with van der Waals surface area (Å²) >= 11 is 0. The predicted octanol–water partition coefficient (Wildman–Crippen LogP) is 3.80. The molecule has 0 saturated heterocycles. The van der Waals surface area contributed by atoms with Crippen molar-refractivity contribution in [3.8, 4) is 5.69 Å². The third kappa shape index (κ3) is 2.49. The van der Waals surface area contributed by atoms with E-state index >= 15 is 0 Å². The second-order valence-electron chi connectivity index (χ2n) is 5.53. The quantitative estimate of drug-likeness (QED) is 0.728. The Morgan fingerprint density at radius 2 is 1.76 bits per heavy atom. The first-order valence-electron chi connectivity index (χ1n) is 7.30. The molecule has 0 amide bonds. The first kappa shape index (κ1) is 13.6. The van der Waals surface area contributed by atoms with Crippen LogP contribution in [-0.2, 0) is 0 Å². The lowest BCUT2D eigenvalue weighted by Crippen LogP contribution is -2.13. The SMILES string of the molecule is CC(C)c1nccn1[C@H](C)c1ccccc1-n1cccn1. The van der Waals surface area contributed by atoms with Crippen LogP contribution >= 0.6 is 0 Å². The minimum Gasteiger partial charge on any atom is -0.327 e. The summed E-state index contributed by atoms with van der Waals surface area (Å²) in [5, 5.41) is 4.36. The summed E-state index contributed by atoms with van der Waals surface area (Å²) in [6.45, 7) is 6.55. The molecule has 4 heteroatoms. The topological polar surface area (TPSA) is 35.6 Å². The summed E-state index contributed by atoms with van der Waals surface area (Å²) in [5.74, 6) is 1.51. The number of hydrogen-bond acceptors (Lipinski definition) is 2. The van der Waals surface area contributed by atoms with Gasteiger partial charge in [-0.05, 0) is 19.1 Å². The lowest BCUT2D eigenvalue weighted by molar-refractivity contribution is 0.574. The molecule has 1 aromatic carbocycles. The number of nitrogens with zero attached hydrogens (tertiary/aromatic N) is 4. The average Bonchev–Trinajstić information content (AvgIpc) is 3.17. The van der Waals surface area contributed by atoms with Crippen molar-refractivity contribution in [3.05, 3.63) is 66.5 Å².